The highest BCUT2D eigenvalue weighted by atomic mass is 16.6. The van der Waals surface area contributed by atoms with E-state index in [9.17, 15) is 4.79 Å². The molecule has 0 aliphatic carbocycles. The fourth-order valence-corrected chi connectivity index (χ4v) is 2.56. The van der Waals surface area contributed by atoms with Gasteiger partial charge < -0.3 is 20.3 Å². The van der Waals surface area contributed by atoms with Crippen LogP contribution in [-0.4, -0.2) is 48.8 Å². The molecule has 1 aromatic heterocycles. The summed E-state index contributed by atoms with van der Waals surface area (Å²) in [6, 6.07) is 3.55. The Morgan fingerprint density at radius 3 is 3.00 bits per heavy atom. The van der Waals surface area contributed by atoms with Crippen molar-refractivity contribution in [3.8, 4) is 0 Å². The third-order valence-corrected chi connectivity index (χ3v) is 3.55. The van der Waals surface area contributed by atoms with Gasteiger partial charge in [0.2, 0.25) is 0 Å². The van der Waals surface area contributed by atoms with E-state index in [1.807, 2.05) is 37.8 Å². The van der Waals surface area contributed by atoms with Gasteiger partial charge in [-0.15, -0.1) is 0 Å². The zero-order valence-electron chi connectivity index (χ0n) is 14.6. The molecule has 6 heteroatoms. The van der Waals surface area contributed by atoms with Gasteiger partial charge >= 0.3 is 5.97 Å². The zero-order chi connectivity index (χ0) is 16.9. The van der Waals surface area contributed by atoms with Crippen LogP contribution in [0.1, 0.15) is 34.1 Å². The predicted molar refractivity (Wildman–Crippen MR) is 92.9 cm³/mol. The van der Waals surface area contributed by atoms with Gasteiger partial charge in [-0.3, -0.25) is 0 Å². The van der Waals surface area contributed by atoms with Crippen LogP contribution in [0.3, 0.4) is 0 Å². The van der Waals surface area contributed by atoms with Gasteiger partial charge in [0.1, 0.15) is 11.6 Å². The molecule has 0 aromatic carbocycles. The summed E-state index contributed by atoms with van der Waals surface area (Å²) in [4.78, 5) is 19.1. The number of rotatable bonds is 5. The van der Waals surface area contributed by atoms with Gasteiger partial charge in [-0.25, -0.2) is 9.78 Å². The second-order valence-electron chi connectivity index (χ2n) is 6.75. The Labute approximate surface area is 138 Å². The van der Waals surface area contributed by atoms with Crippen LogP contribution in [0.15, 0.2) is 18.3 Å². The Balaban J connectivity index is 2.23. The highest BCUT2D eigenvalue weighted by Crippen LogP contribution is 2.26. The number of aromatic nitrogens is 1. The summed E-state index contributed by atoms with van der Waals surface area (Å²) in [6.07, 6.45) is 2.80. The third kappa shape index (κ3) is 4.82. The minimum atomic E-state index is -0.492. The number of nitrogens with one attached hydrogen (secondary N) is 2. The van der Waals surface area contributed by atoms with Gasteiger partial charge in [-0.2, -0.15) is 0 Å². The molecule has 0 saturated carbocycles. The average Bonchev–Trinajstić information content (AvgIpc) is 2.51. The highest BCUT2D eigenvalue weighted by molar-refractivity contribution is 5.82. The molecule has 0 amide bonds. The minimum absolute atomic E-state index is 0.211. The highest BCUT2D eigenvalue weighted by Gasteiger charge is 2.34. The molecule has 0 spiro atoms. The van der Waals surface area contributed by atoms with Crippen molar-refractivity contribution in [2.45, 2.75) is 45.8 Å². The van der Waals surface area contributed by atoms with E-state index in [1.54, 1.807) is 6.20 Å². The van der Waals surface area contributed by atoms with Crippen LogP contribution in [0, 0.1) is 0 Å². The van der Waals surface area contributed by atoms with Crippen molar-refractivity contribution in [1.82, 2.24) is 10.3 Å². The summed E-state index contributed by atoms with van der Waals surface area (Å²) in [5.74, 6) is 0.607. The first-order chi connectivity index (χ1) is 10.9. The van der Waals surface area contributed by atoms with Crippen molar-refractivity contribution in [2.75, 3.05) is 36.4 Å². The fourth-order valence-electron chi connectivity index (χ4n) is 2.56. The molecule has 0 bridgehead atoms. The van der Waals surface area contributed by atoms with Crippen LogP contribution in [0.2, 0.25) is 0 Å². The first kappa shape index (κ1) is 17.5. The Bertz CT molecular complexity index is 528. The van der Waals surface area contributed by atoms with Crippen molar-refractivity contribution >= 4 is 17.5 Å². The monoisotopic (exact) mass is 320 g/mol. The standard InChI is InChI=1S/C17H28N4O2/c1-5-8-19-13-7-6-9-20-15(13)21-11-10-18-12-14(21)16(22)23-17(2,3)4/h6-7,9,14,18-19H,5,8,10-12H2,1-4H3. The summed E-state index contributed by atoms with van der Waals surface area (Å²) >= 11 is 0. The number of nitrogens with zero attached hydrogens (tertiary/aromatic N) is 2. The van der Waals surface area contributed by atoms with E-state index >= 15 is 0 Å². The van der Waals surface area contributed by atoms with E-state index < -0.39 is 5.60 Å². The number of piperazine rings is 1. The quantitative estimate of drug-likeness (QED) is 0.809. The minimum Gasteiger partial charge on any atom is -0.458 e. The van der Waals surface area contributed by atoms with Crippen molar-refractivity contribution < 1.29 is 9.53 Å². The molecule has 1 saturated heterocycles. The Kier molecular flexibility index (Phi) is 5.82. The summed E-state index contributed by atoms with van der Waals surface area (Å²) in [5.41, 5.74) is 0.470. The van der Waals surface area contributed by atoms with Crippen LogP contribution >= 0.6 is 0 Å². The van der Waals surface area contributed by atoms with Crippen LogP contribution in [0.4, 0.5) is 11.5 Å². The lowest BCUT2D eigenvalue weighted by molar-refractivity contribution is -0.156. The van der Waals surface area contributed by atoms with E-state index in [2.05, 4.69) is 22.5 Å². The van der Waals surface area contributed by atoms with Gasteiger partial charge in [-0.05, 0) is 39.3 Å². The molecular formula is C17H28N4O2. The number of carbonyl (C=O) groups excluding carboxylic acids is 1. The SMILES string of the molecule is CCCNc1cccnc1N1CCNCC1C(=O)OC(C)(C)C. The van der Waals surface area contributed by atoms with E-state index in [0.29, 0.717) is 6.54 Å². The van der Waals surface area contributed by atoms with Crippen LogP contribution in [-0.2, 0) is 9.53 Å². The van der Waals surface area contributed by atoms with Crippen LogP contribution in [0.25, 0.3) is 0 Å². The summed E-state index contributed by atoms with van der Waals surface area (Å²) in [6.45, 7) is 10.8. The first-order valence-corrected chi connectivity index (χ1v) is 8.31. The molecule has 23 heavy (non-hydrogen) atoms. The van der Waals surface area contributed by atoms with Crippen LogP contribution in [0.5, 0.6) is 0 Å². The molecule has 128 valence electrons. The van der Waals surface area contributed by atoms with E-state index in [1.165, 1.54) is 0 Å². The first-order valence-electron chi connectivity index (χ1n) is 8.31. The topological polar surface area (TPSA) is 66.5 Å². The maximum atomic E-state index is 12.6. The molecule has 1 unspecified atom stereocenters. The van der Waals surface area contributed by atoms with Gasteiger partial charge in [0.25, 0.3) is 0 Å². The summed E-state index contributed by atoms with van der Waals surface area (Å²) in [5, 5.41) is 6.66. The largest absolute Gasteiger partial charge is 0.458 e. The maximum Gasteiger partial charge on any atom is 0.330 e. The lowest BCUT2D eigenvalue weighted by Crippen LogP contribution is -2.56. The molecule has 1 aromatic rings. The molecule has 1 aliphatic rings. The number of anilines is 2. The average molecular weight is 320 g/mol. The molecule has 2 heterocycles. The molecular weight excluding hydrogens is 292 g/mol. The Morgan fingerprint density at radius 1 is 1.52 bits per heavy atom. The van der Waals surface area contributed by atoms with Crippen molar-refractivity contribution in [2.24, 2.45) is 0 Å². The maximum absolute atomic E-state index is 12.6. The molecule has 0 radical (unpaired) electrons. The van der Waals surface area contributed by atoms with Crippen molar-refractivity contribution in [1.29, 1.82) is 0 Å². The number of hydrogen-bond donors (Lipinski definition) is 2. The van der Waals surface area contributed by atoms with E-state index in [-0.39, 0.29) is 12.0 Å². The second-order valence-corrected chi connectivity index (χ2v) is 6.75. The van der Waals surface area contributed by atoms with Gasteiger partial charge in [-0.1, -0.05) is 6.92 Å². The van der Waals surface area contributed by atoms with E-state index in [0.717, 1.165) is 37.6 Å². The lowest BCUT2D eigenvalue weighted by Gasteiger charge is -2.37. The molecule has 2 N–H and O–H groups in total. The fraction of sp³-hybridized carbons (Fsp3) is 0.647. The Hall–Kier alpha value is -1.82. The predicted octanol–water partition coefficient (Wildman–Crippen LogP) is 2.02. The number of pyridine rings is 1. The van der Waals surface area contributed by atoms with Gasteiger partial charge in [0.05, 0.1) is 5.69 Å². The number of ether oxygens (including phenoxy) is 1. The molecule has 1 aliphatic heterocycles. The van der Waals surface area contributed by atoms with Gasteiger partial charge in [0.15, 0.2) is 5.82 Å². The molecule has 2 rings (SSSR count). The number of carbonyl (C=O) groups is 1. The third-order valence-electron chi connectivity index (χ3n) is 3.55. The normalized spacial score (nSPS) is 18.6. The zero-order valence-corrected chi connectivity index (χ0v) is 14.6. The molecule has 1 atom stereocenters. The Morgan fingerprint density at radius 2 is 2.30 bits per heavy atom. The van der Waals surface area contributed by atoms with Crippen molar-refractivity contribution in [3.63, 3.8) is 0 Å². The number of hydrogen-bond acceptors (Lipinski definition) is 6. The molecule has 6 nitrogen and oxygen atoms in total. The second kappa shape index (κ2) is 7.64. The van der Waals surface area contributed by atoms with Crippen LogP contribution < -0.4 is 15.5 Å². The van der Waals surface area contributed by atoms with Crippen molar-refractivity contribution in [3.05, 3.63) is 18.3 Å². The van der Waals surface area contributed by atoms with E-state index in [4.69, 9.17) is 4.74 Å². The van der Waals surface area contributed by atoms with Gasteiger partial charge in [0, 0.05) is 32.4 Å². The molecule has 1 fully saturated rings. The number of esters is 1. The summed E-state index contributed by atoms with van der Waals surface area (Å²) < 4.78 is 5.58. The lowest BCUT2D eigenvalue weighted by atomic mass is 10.1. The summed E-state index contributed by atoms with van der Waals surface area (Å²) in [7, 11) is 0. The smallest absolute Gasteiger partial charge is 0.330 e.